The summed E-state index contributed by atoms with van der Waals surface area (Å²) in [6.45, 7) is 3.12. The van der Waals surface area contributed by atoms with E-state index in [1.165, 1.54) is 11.3 Å². The molecule has 2 aromatic rings. The SMILES string of the molecule is O=C(C1CCN(c2nc(-c3ccccc3)nc3c2CCC3)CC1)N1CCC(O)CC1. The molecule has 3 heterocycles. The topological polar surface area (TPSA) is 69.6 Å². The summed E-state index contributed by atoms with van der Waals surface area (Å²) >= 11 is 0. The summed E-state index contributed by atoms with van der Waals surface area (Å²) in [7, 11) is 0. The third kappa shape index (κ3) is 3.81. The van der Waals surface area contributed by atoms with Crippen LogP contribution in [-0.4, -0.2) is 58.2 Å². The van der Waals surface area contributed by atoms with E-state index in [0.717, 1.165) is 62.4 Å². The molecule has 158 valence electrons. The molecule has 2 fully saturated rings. The summed E-state index contributed by atoms with van der Waals surface area (Å²) in [5.74, 6) is 2.28. The average Bonchev–Trinajstić information content (AvgIpc) is 3.28. The van der Waals surface area contributed by atoms with Crippen molar-refractivity contribution in [3.63, 3.8) is 0 Å². The Balaban J connectivity index is 1.31. The Morgan fingerprint density at radius 2 is 1.67 bits per heavy atom. The summed E-state index contributed by atoms with van der Waals surface area (Å²) in [5, 5.41) is 9.70. The van der Waals surface area contributed by atoms with E-state index in [2.05, 4.69) is 17.0 Å². The number of amides is 1. The number of likely N-dealkylation sites (tertiary alicyclic amines) is 1. The second kappa shape index (κ2) is 8.34. The van der Waals surface area contributed by atoms with Crippen LogP contribution in [0.4, 0.5) is 5.82 Å². The lowest BCUT2D eigenvalue weighted by Crippen LogP contribution is -2.46. The van der Waals surface area contributed by atoms with E-state index < -0.39 is 0 Å². The largest absolute Gasteiger partial charge is 0.393 e. The Kier molecular flexibility index (Phi) is 5.42. The molecule has 6 heteroatoms. The molecule has 2 aliphatic heterocycles. The van der Waals surface area contributed by atoms with Gasteiger partial charge in [-0.15, -0.1) is 0 Å². The standard InChI is InChI=1S/C24H30N4O2/c29-19-11-15-28(16-12-19)24(30)18-9-13-27(14-10-18)23-20-7-4-8-21(20)25-22(26-23)17-5-2-1-3-6-17/h1-3,5-6,18-19,29H,4,7-16H2. The van der Waals surface area contributed by atoms with Gasteiger partial charge in [0.25, 0.3) is 0 Å². The number of hydrogen-bond acceptors (Lipinski definition) is 5. The number of anilines is 1. The highest BCUT2D eigenvalue weighted by molar-refractivity contribution is 5.79. The van der Waals surface area contributed by atoms with Crippen LogP contribution in [0.2, 0.25) is 0 Å². The average molecular weight is 407 g/mol. The normalized spacial score (nSPS) is 20.4. The zero-order valence-corrected chi connectivity index (χ0v) is 17.5. The fourth-order valence-electron chi connectivity index (χ4n) is 5.07. The van der Waals surface area contributed by atoms with Crippen LogP contribution in [0.3, 0.4) is 0 Å². The minimum Gasteiger partial charge on any atom is -0.393 e. The lowest BCUT2D eigenvalue weighted by Gasteiger charge is -2.37. The molecule has 0 spiro atoms. The first-order valence-electron chi connectivity index (χ1n) is 11.4. The van der Waals surface area contributed by atoms with E-state index in [4.69, 9.17) is 9.97 Å². The molecule has 1 amide bonds. The van der Waals surface area contributed by atoms with Crippen molar-refractivity contribution in [3.05, 3.63) is 41.6 Å². The number of nitrogens with zero attached hydrogens (tertiary/aromatic N) is 4. The lowest BCUT2D eigenvalue weighted by atomic mass is 9.93. The number of benzene rings is 1. The Hall–Kier alpha value is -2.47. The van der Waals surface area contributed by atoms with Gasteiger partial charge in [-0.05, 0) is 44.9 Å². The van der Waals surface area contributed by atoms with Crippen LogP contribution in [0.15, 0.2) is 30.3 Å². The number of rotatable bonds is 3. The van der Waals surface area contributed by atoms with Gasteiger partial charge in [0.05, 0.1) is 6.10 Å². The highest BCUT2D eigenvalue weighted by atomic mass is 16.3. The van der Waals surface area contributed by atoms with Gasteiger partial charge in [0, 0.05) is 48.9 Å². The van der Waals surface area contributed by atoms with E-state index >= 15 is 0 Å². The molecule has 6 nitrogen and oxygen atoms in total. The van der Waals surface area contributed by atoms with Gasteiger partial charge in [0.2, 0.25) is 5.91 Å². The summed E-state index contributed by atoms with van der Waals surface area (Å²) in [4.78, 5) is 27.1. The number of hydrogen-bond donors (Lipinski definition) is 1. The molecule has 2 saturated heterocycles. The van der Waals surface area contributed by atoms with E-state index in [-0.39, 0.29) is 17.9 Å². The van der Waals surface area contributed by atoms with E-state index in [9.17, 15) is 9.90 Å². The first kappa shape index (κ1) is 19.5. The number of piperidine rings is 2. The molecule has 0 bridgehead atoms. The fourth-order valence-corrected chi connectivity index (χ4v) is 5.07. The molecular weight excluding hydrogens is 376 g/mol. The van der Waals surface area contributed by atoms with Crippen molar-refractivity contribution in [2.75, 3.05) is 31.1 Å². The number of fused-ring (bicyclic) bond motifs is 1. The third-order valence-corrected chi connectivity index (χ3v) is 6.86. The van der Waals surface area contributed by atoms with Crippen molar-refractivity contribution in [1.82, 2.24) is 14.9 Å². The van der Waals surface area contributed by atoms with Gasteiger partial charge >= 0.3 is 0 Å². The zero-order chi connectivity index (χ0) is 20.5. The Morgan fingerprint density at radius 1 is 0.933 bits per heavy atom. The smallest absolute Gasteiger partial charge is 0.225 e. The van der Waals surface area contributed by atoms with Gasteiger partial charge in [-0.1, -0.05) is 30.3 Å². The molecule has 30 heavy (non-hydrogen) atoms. The minimum absolute atomic E-state index is 0.0972. The number of aromatic nitrogens is 2. The van der Waals surface area contributed by atoms with Crippen molar-refractivity contribution in [2.24, 2.45) is 5.92 Å². The molecule has 1 aliphatic carbocycles. The molecular formula is C24H30N4O2. The number of aliphatic hydroxyl groups excluding tert-OH is 1. The highest BCUT2D eigenvalue weighted by Crippen LogP contribution is 2.34. The van der Waals surface area contributed by atoms with Crippen LogP contribution in [0, 0.1) is 5.92 Å². The van der Waals surface area contributed by atoms with Crippen molar-refractivity contribution >= 4 is 11.7 Å². The Labute approximate surface area is 177 Å². The van der Waals surface area contributed by atoms with E-state index in [1.54, 1.807) is 0 Å². The summed E-state index contributed by atoms with van der Waals surface area (Å²) in [5.41, 5.74) is 3.57. The number of carbonyl (C=O) groups excluding carboxylic acids is 1. The molecule has 1 N–H and O–H groups in total. The van der Waals surface area contributed by atoms with Gasteiger partial charge in [-0.3, -0.25) is 4.79 Å². The number of aliphatic hydroxyl groups is 1. The molecule has 5 rings (SSSR count). The Morgan fingerprint density at radius 3 is 2.40 bits per heavy atom. The predicted molar refractivity (Wildman–Crippen MR) is 116 cm³/mol. The third-order valence-electron chi connectivity index (χ3n) is 6.86. The summed E-state index contributed by atoms with van der Waals surface area (Å²) in [6, 6.07) is 10.2. The van der Waals surface area contributed by atoms with Gasteiger partial charge < -0.3 is 14.9 Å². The zero-order valence-electron chi connectivity index (χ0n) is 17.5. The molecule has 1 aromatic carbocycles. The van der Waals surface area contributed by atoms with Crippen molar-refractivity contribution in [2.45, 2.75) is 51.0 Å². The molecule has 0 radical (unpaired) electrons. The molecule has 0 saturated carbocycles. The van der Waals surface area contributed by atoms with Gasteiger partial charge in [0.15, 0.2) is 5.82 Å². The number of aryl methyl sites for hydroxylation is 1. The number of carbonyl (C=O) groups is 1. The van der Waals surface area contributed by atoms with Crippen molar-refractivity contribution in [3.8, 4) is 11.4 Å². The monoisotopic (exact) mass is 406 g/mol. The van der Waals surface area contributed by atoms with Crippen LogP contribution in [0.5, 0.6) is 0 Å². The predicted octanol–water partition coefficient (Wildman–Crippen LogP) is 2.83. The van der Waals surface area contributed by atoms with Crippen LogP contribution < -0.4 is 4.90 Å². The minimum atomic E-state index is -0.241. The fraction of sp³-hybridized carbons (Fsp3) is 0.542. The van der Waals surface area contributed by atoms with Gasteiger partial charge in [-0.2, -0.15) is 0 Å². The first-order chi connectivity index (χ1) is 14.7. The second-order valence-corrected chi connectivity index (χ2v) is 8.83. The first-order valence-corrected chi connectivity index (χ1v) is 11.4. The van der Waals surface area contributed by atoms with Crippen LogP contribution >= 0.6 is 0 Å². The van der Waals surface area contributed by atoms with Crippen molar-refractivity contribution in [1.29, 1.82) is 0 Å². The van der Waals surface area contributed by atoms with E-state index in [1.807, 2.05) is 23.1 Å². The maximum atomic E-state index is 12.9. The Bertz CT molecular complexity index is 901. The van der Waals surface area contributed by atoms with Gasteiger partial charge in [0.1, 0.15) is 5.82 Å². The summed E-state index contributed by atoms with van der Waals surface area (Å²) < 4.78 is 0. The van der Waals surface area contributed by atoms with Gasteiger partial charge in [-0.25, -0.2) is 9.97 Å². The highest BCUT2D eigenvalue weighted by Gasteiger charge is 2.32. The second-order valence-electron chi connectivity index (χ2n) is 8.83. The maximum Gasteiger partial charge on any atom is 0.225 e. The molecule has 0 atom stereocenters. The molecule has 1 aromatic heterocycles. The molecule has 3 aliphatic rings. The van der Waals surface area contributed by atoms with Crippen molar-refractivity contribution < 1.29 is 9.90 Å². The summed E-state index contributed by atoms with van der Waals surface area (Å²) in [6.07, 6.45) is 6.14. The lowest BCUT2D eigenvalue weighted by molar-refractivity contribution is -0.138. The van der Waals surface area contributed by atoms with E-state index in [0.29, 0.717) is 25.9 Å². The quantitative estimate of drug-likeness (QED) is 0.849. The van der Waals surface area contributed by atoms with Crippen LogP contribution in [-0.2, 0) is 17.6 Å². The molecule has 0 unspecified atom stereocenters. The van der Waals surface area contributed by atoms with Crippen LogP contribution in [0.1, 0.15) is 43.4 Å². The maximum absolute atomic E-state index is 12.9. The van der Waals surface area contributed by atoms with Crippen LogP contribution in [0.25, 0.3) is 11.4 Å².